The largest absolute Gasteiger partial charge is 0.468 e. The number of hydrogen-bond donors (Lipinski definition) is 4. The van der Waals surface area contributed by atoms with Gasteiger partial charge in [0.05, 0.1) is 26.0 Å². The van der Waals surface area contributed by atoms with Gasteiger partial charge < -0.3 is 23.8 Å². The van der Waals surface area contributed by atoms with Crippen molar-refractivity contribution in [1.82, 2.24) is 24.2 Å². The highest BCUT2D eigenvalue weighted by atomic mass is 31.2. The Kier molecular flexibility index (Phi) is 9.49. The second-order valence-corrected chi connectivity index (χ2v) is 12.4. The molecule has 2 fully saturated rings. The number of carbonyl (C=O) groups is 1. The Morgan fingerprint density at radius 2 is 1.60 bits per heavy atom. The number of esters is 1. The minimum atomic E-state index is -4.22. The minimum absolute atomic E-state index is 0.103. The van der Waals surface area contributed by atoms with E-state index < -0.39 is 91.7 Å². The summed E-state index contributed by atoms with van der Waals surface area (Å²) >= 11 is 0. The van der Waals surface area contributed by atoms with Crippen LogP contribution in [-0.4, -0.2) is 80.6 Å². The van der Waals surface area contributed by atoms with Gasteiger partial charge in [-0.2, -0.15) is 0 Å². The molecule has 4 N–H and O–H groups in total. The highest BCUT2D eigenvalue weighted by Gasteiger charge is 2.46. The summed E-state index contributed by atoms with van der Waals surface area (Å²) in [6.07, 6.45) is -5.91. The average Bonchev–Trinajstić information content (AvgIpc) is 3.49. The van der Waals surface area contributed by atoms with Crippen molar-refractivity contribution in [3.05, 3.63) is 65.2 Å². The van der Waals surface area contributed by atoms with Crippen molar-refractivity contribution in [2.75, 3.05) is 19.9 Å². The van der Waals surface area contributed by atoms with Crippen molar-refractivity contribution in [2.45, 2.75) is 76.6 Å². The van der Waals surface area contributed by atoms with Crippen LogP contribution in [0.2, 0.25) is 0 Å². The molecule has 0 amide bonds. The zero-order valence-electron chi connectivity index (χ0n) is 23.3. The number of methoxy groups -OCH3 is 1. The third-order valence-corrected chi connectivity index (χ3v) is 9.34. The third-order valence-electron chi connectivity index (χ3n) is 7.11. The third kappa shape index (κ3) is 6.71. The molecule has 2 aliphatic heterocycles. The number of nitrogens with zero attached hydrogens (tertiary/aromatic N) is 2. The maximum Gasteiger partial charge on any atom is 0.330 e. The number of H-pyrrole nitrogens is 2. The first-order chi connectivity index (χ1) is 19.7. The Balaban J connectivity index is 1.59. The van der Waals surface area contributed by atoms with E-state index in [-0.39, 0.29) is 24.0 Å². The van der Waals surface area contributed by atoms with Crippen LogP contribution < -0.4 is 27.6 Å². The van der Waals surface area contributed by atoms with E-state index in [0.717, 1.165) is 16.2 Å². The van der Waals surface area contributed by atoms with Gasteiger partial charge in [0.15, 0.2) is 0 Å². The summed E-state index contributed by atoms with van der Waals surface area (Å²) in [4.78, 5) is 64.7. The maximum atomic E-state index is 15.2. The summed E-state index contributed by atoms with van der Waals surface area (Å²) in [6, 6.07) is -1.17. The van der Waals surface area contributed by atoms with E-state index in [2.05, 4.69) is 15.1 Å². The summed E-state index contributed by atoms with van der Waals surface area (Å²) < 4.78 is 53.7. The minimum Gasteiger partial charge on any atom is -0.468 e. The molecule has 2 aromatic rings. The van der Waals surface area contributed by atoms with Gasteiger partial charge in [0.1, 0.15) is 36.9 Å². The number of aliphatic hydroxyl groups excluding tert-OH is 1. The van der Waals surface area contributed by atoms with Crippen LogP contribution in [0.5, 0.6) is 0 Å². The summed E-state index contributed by atoms with van der Waals surface area (Å²) in [7, 11) is -3.10. The monoisotopic (exact) mass is 617 g/mol. The van der Waals surface area contributed by atoms with Gasteiger partial charge in [-0.05, 0) is 20.8 Å². The van der Waals surface area contributed by atoms with Crippen LogP contribution in [-0.2, 0) is 28.1 Å². The van der Waals surface area contributed by atoms with Gasteiger partial charge in [-0.25, -0.2) is 19.1 Å². The van der Waals surface area contributed by atoms with Gasteiger partial charge in [0.2, 0.25) is 0 Å². The molecular formula is C24H33FN5O11P. The zero-order chi connectivity index (χ0) is 30.9. The van der Waals surface area contributed by atoms with Gasteiger partial charge in [0.25, 0.3) is 18.6 Å². The number of rotatable bonds is 10. The van der Waals surface area contributed by atoms with Crippen LogP contribution >= 0.6 is 7.52 Å². The van der Waals surface area contributed by atoms with E-state index in [4.69, 9.17) is 18.7 Å². The van der Waals surface area contributed by atoms with Crippen LogP contribution in [0.1, 0.15) is 43.3 Å². The molecule has 2 saturated heterocycles. The molecule has 4 rings (SSSR count). The summed E-state index contributed by atoms with van der Waals surface area (Å²) in [6.45, 7) is 3.70. The van der Waals surface area contributed by atoms with Crippen LogP contribution in [0.25, 0.3) is 0 Å². The first-order valence-corrected chi connectivity index (χ1v) is 14.9. The number of nitrogens with one attached hydrogen (secondary N) is 3. The number of hydrogen-bond acceptors (Lipinski definition) is 11. The summed E-state index contributed by atoms with van der Waals surface area (Å²) in [5.74, 6) is -0.786. The van der Waals surface area contributed by atoms with Crippen molar-refractivity contribution < 1.29 is 37.6 Å². The molecule has 2 aromatic heterocycles. The summed E-state index contributed by atoms with van der Waals surface area (Å²) in [5.41, 5.74) is -2.35. The molecule has 42 heavy (non-hydrogen) atoms. The smallest absolute Gasteiger partial charge is 0.330 e. The second kappa shape index (κ2) is 12.6. The van der Waals surface area contributed by atoms with E-state index in [1.165, 1.54) is 33.2 Å². The number of alkyl halides is 1. The molecule has 0 saturated carbocycles. The standard InChI is InChI=1S/C24H33FN5O11P/c1-11-7-29(23(35)26-20(11)32)18-5-14(25)17(40-18)10-42(37,28-13(3)22(34)38-4)41-15-6-19(39-16(15)9-31)30-8-12(2)21(33)27-24(30)36/h7-8,13-19,31H,5-6,9-10H2,1-4H3,(H,28,37)(H,26,32,35)(H,27,33,36)/t13-,14-,15-,16+,17+,18+,19+,42?/m0/s1. The topological polar surface area (TPSA) is 213 Å². The Labute approximate surface area is 237 Å². The van der Waals surface area contributed by atoms with E-state index >= 15 is 4.39 Å². The van der Waals surface area contributed by atoms with Crippen LogP contribution in [0, 0.1) is 13.8 Å². The van der Waals surface area contributed by atoms with Crippen LogP contribution in [0.3, 0.4) is 0 Å². The first-order valence-electron chi connectivity index (χ1n) is 13.1. The number of halogens is 1. The molecule has 1 unspecified atom stereocenters. The SMILES string of the molecule is COC(=O)[C@H](C)NP(=O)(C[C@H]1O[C@@H](n2cc(C)c(=O)[nH]c2=O)C[C@@H]1F)O[C@H]1C[C@H](n2cc(C)c(=O)[nH]c2=O)O[C@@H]1CO. The van der Waals surface area contributed by atoms with Crippen molar-refractivity contribution in [2.24, 2.45) is 0 Å². The normalized spacial score (nSPS) is 28.0. The molecule has 0 aromatic carbocycles. The second-order valence-electron chi connectivity index (χ2n) is 10.3. The molecule has 232 valence electrons. The van der Waals surface area contributed by atoms with Gasteiger partial charge >= 0.3 is 17.3 Å². The molecule has 0 spiro atoms. The fraction of sp³-hybridized carbons (Fsp3) is 0.625. The molecule has 8 atom stereocenters. The Bertz CT molecular complexity index is 1600. The number of aromatic amines is 2. The lowest BCUT2D eigenvalue weighted by atomic mass is 10.2. The van der Waals surface area contributed by atoms with E-state index in [9.17, 15) is 33.6 Å². The average molecular weight is 618 g/mol. The van der Waals surface area contributed by atoms with Gasteiger partial charge in [-0.3, -0.25) is 38.1 Å². The summed E-state index contributed by atoms with van der Waals surface area (Å²) in [5, 5.41) is 12.5. The Morgan fingerprint density at radius 3 is 2.12 bits per heavy atom. The predicted octanol–water partition coefficient (Wildman–Crippen LogP) is -0.662. The first kappa shape index (κ1) is 31.7. The molecule has 0 radical (unpaired) electrons. The van der Waals surface area contributed by atoms with E-state index in [1.807, 2.05) is 0 Å². The van der Waals surface area contributed by atoms with Gasteiger partial charge in [0, 0.05) is 36.4 Å². The number of ether oxygens (including phenoxy) is 3. The van der Waals surface area contributed by atoms with Crippen molar-refractivity contribution in [3.63, 3.8) is 0 Å². The predicted molar refractivity (Wildman–Crippen MR) is 143 cm³/mol. The molecule has 0 bridgehead atoms. The molecule has 4 heterocycles. The quantitative estimate of drug-likeness (QED) is 0.193. The Hall–Kier alpha value is -3.21. The molecule has 2 aliphatic rings. The highest BCUT2D eigenvalue weighted by Crippen LogP contribution is 2.51. The number of aromatic nitrogens is 4. The molecule has 18 heteroatoms. The Morgan fingerprint density at radius 1 is 1.07 bits per heavy atom. The number of aryl methyl sites for hydroxylation is 2. The lowest BCUT2D eigenvalue weighted by Crippen LogP contribution is -2.39. The van der Waals surface area contributed by atoms with Gasteiger partial charge in [-0.1, -0.05) is 0 Å². The van der Waals surface area contributed by atoms with Crippen molar-refractivity contribution in [1.29, 1.82) is 0 Å². The lowest BCUT2D eigenvalue weighted by molar-refractivity contribution is -0.142. The van der Waals surface area contributed by atoms with Crippen molar-refractivity contribution in [3.8, 4) is 0 Å². The molecule has 0 aliphatic carbocycles. The van der Waals surface area contributed by atoms with Crippen LogP contribution in [0.15, 0.2) is 31.6 Å². The maximum absolute atomic E-state index is 15.2. The van der Waals surface area contributed by atoms with Crippen molar-refractivity contribution >= 4 is 13.5 Å². The molecular weight excluding hydrogens is 584 g/mol. The molecule has 16 nitrogen and oxygen atoms in total. The highest BCUT2D eigenvalue weighted by molar-refractivity contribution is 7.57. The van der Waals surface area contributed by atoms with E-state index in [1.54, 1.807) is 0 Å². The van der Waals surface area contributed by atoms with Crippen LogP contribution in [0.4, 0.5) is 4.39 Å². The van der Waals surface area contributed by atoms with Gasteiger partial charge in [-0.15, -0.1) is 0 Å². The van der Waals surface area contributed by atoms with E-state index in [0.29, 0.717) is 0 Å². The lowest BCUT2D eigenvalue weighted by Gasteiger charge is -2.29. The fourth-order valence-corrected chi connectivity index (χ4v) is 7.27. The fourth-order valence-electron chi connectivity index (χ4n) is 4.88. The zero-order valence-corrected chi connectivity index (χ0v) is 24.2. The number of aliphatic hydroxyl groups is 1. The number of carbonyl (C=O) groups excluding carboxylic acids is 1.